The number of hydrogen-bond acceptors (Lipinski definition) is 7. The molecule has 0 aromatic heterocycles. The predicted molar refractivity (Wildman–Crippen MR) is 119 cm³/mol. The summed E-state index contributed by atoms with van der Waals surface area (Å²) in [5, 5.41) is 10.9. The van der Waals surface area contributed by atoms with Crippen molar-refractivity contribution in [2.75, 3.05) is 0 Å². The third-order valence-electron chi connectivity index (χ3n) is 4.38. The summed E-state index contributed by atoms with van der Waals surface area (Å²) in [5.41, 5.74) is 1.31. The molecule has 9 heteroatoms. The Hall–Kier alpha value is -4.11. The van der Waals surface area contributed by atoms with Crippen LogP contribution in [0.2, 0.25) is 0 Å². The van der Waals surface area contributed by atoms with Crippen LogP contribution in [-0.2, 0) is 9.53 Å². The lowest BCUT2D eigenvalue weighted by atomic mass is 10.2. The van der Waals surface area contributed by atoms with E-state index in [2.05, 4.69) is 20.9 Å². The van der Waals surface area contributed by atoms with Gasteiger partial charge in [-0.2, -0.15) is 0 Å². The number of halogens is 1. The first-order chi connectivity index (χ1) is 15.4. The third-order valence-corrected chi connectivity index (χ3v) is 4.87. The summed E-state index contributed by atoms with van der Waals surface area (Å²) in [4.78, 5) is 38.9. The Morgan fingerprint density at radius 3 is 2.53 bits per heavy atom. The van der Waals surface area contributed by atoms with Gasteiger partial charge in [0.25, 0.3) is 5.69 Å². The predicted octanol–water partition coefficient (Wildman–Crippen LogP) is 4.92. The van der Waals surface area contributed by atoms with Crippen molar-refractivity contribution in [1.82, 2.24) is 0 Å². The quantitative estimate of drug-likeness (QED) is 0.164. The molecule has 0 N–H and O–H groups in total. The van der Waals surface area contributed by atoms with Crippen LogP contribution in [0, 0.1) is 10.1 Å². The zero-order chi connectivity index (χ0) is 22.7. The number of hydrogen-bond donors (Lipinski definition) is 0. The molecule has 1 aliphatic rings. The third kappa shape index (κ3) is 4.79. The van der Waals surface area contributed by atoms with Crippen LogP contribution in [0.15, 0.2) is 88.0 Å². The fourth-order valence-electron chi connectivity index (χ4n) is 2.86. The second-order valence-corrected chi connectivity index (χ2v) is 7.53. The van der Waals surface area contributed by atoms with E-state index in [0.717, 1.165) is 10.5 Å². The molecular weight excluding hydrogens is 480 g/mol. The molecule has 0 bridgehead atoms. The van der Waals surface area contributed by atoms with Crippen molar-refractivity contribution in [3.8, 4) is 5.75 Å². The Bertz CT molecular complexity index is 1300. The number of benzene rings is 3. The van der Waals surface area contributed by atoms with Gasteiger partial charge in [0.2, 0.25) is 5.90 Å². The average molecular weight is 493 g/mol. The van der Waals surface area contributed by atoms with E-state index in [0.29, 0.717) is 11.1 Å². The van der Waals surface area contributed by atoms with Crippen molar-refractivity contribution in [1.29, 1.82) is 0 Å². The van der Waals surface area contributed by atoms with Gasteiger partial charge in [-0.1, -0.05) is 40.2 Å². The number of non-ortho nitro benzene ring substituents is 1. The molecule has 0 aliphatic carbocycles. The van der Waals surface area contributed by atoms with Gasteiger partial charge in [0.05, 0.1) is 10.5 Å². The summed E-state index contributed by atoms with van der Waals surface area (Å²) >= 11 is 3.37. The van der Waals surface area contributed by atoms with E-state index in [-0.39, 0.29) is 28.6 Å². The molecule has 32 heavy (non-hydrogen) atoms. The van der Waals surface area contributed by atoms with E-state index < -0.39 is 16.9 Å². The zero-order valence-corrected chi connectivity index (χ0v) is 17.8. The minimum absolute atomic E-state index is 0.0634. The molecule has 0 atom stereocenters. The molecule has 1 aliphatic heterocycles. The van der Waals surface area contributed by atoms with Crippen molar-refractivity contribution >= 4 is 45.5 Å². The van der Waals surface area contributed by atoms with Gasteiger partial charge in [-0.3, -0.25) is 10.1 Å². The Kier molecular flexibility index (Phi) is 5.91. The van der Waals surface area contributed by atoms with Gasteiger partial charge in [-0.05, 0) is 48.0 Å². The first kappa shape index (κ1) is 21.1. The van der Waals surface area contributed by atoms with E-state index in [1.807, 2.05) is 12.1 Å². The number of rotatable bonds is 5. The van der Waals surface area contributed by atoms with Crippen molar-refractivity contribution in [2.24, 2.45) is 4.99 Å². The molecule has 0 unspecified atom stereocenters. The highest BCUT2D eigenvalue weighted by Gasteiger charge is 2.24. The molecule has 3 aromatic carbocycles. The van der Waals surface area contributed by atoms with E-state index in [9.17, 15) is 19.7 Å². The molecule has 3 aromatic rings. The zero-order valence-electron chi connectivity index (χ0n) is 16.2. The largest absolute Gasteiger partial charge is 0.423 e. The Morgan fingerprint density at radius 2 is 1.81 bits per heavy atom. The topological polar surface area (TPSA) is 108 Å². The number of carbonyl (C=O) groups excluding carboxylic acids is 2. The first-order valence-corrected chi connectivity index (χ1v) is 10.0. The van der Waals surface area contributed by atoms with Gasteiger partial charge in [0.15, 0.2) is 5.70 Å². The average Bonchev–Trinajstić information content (AvgIpc) is 3.15. The van der Waals surface area contributed by atoms with Crippen LogP contribution in [-0.4, -0.2) is 22.8 Å². The van der Waals surface area contributed by atoms with Gasteiger partial charge in [-0.15, -0.1) is 0 Å². The summed E-state index contributed by atoms with van der Waals surface area (Å²) in [5.74, 6) is -0.829. The number of aliphatic imine (C=N–C) groups is 1. The smallest absolute Gasteiger partial charge is 0.363 e. The second kappa shape index (κ2) is 8.94. The molecule has 158 valence electrons. The van der Waals surface area contributed by atoms with Crippen LogP contribution in [0.3, 0.4) is 0 Å². The Balaban J connectivity index is 1.48. The normalized spacial score (nSPS) is 14.1. The van der Waals surface area contributed by atoms with Crippen LogP contribution in [0.25, 0.3) is 6.08 Å². The highest BCUT2D eigenvalue weighted by atomic mass is 79.9. The second-order valence-electron chi connectivity index (χ2n) is 6.61. The van der Waals surface area contributed by atoms with Gasteiger partial charge in [0, 0.05) is 22.2 Å². The molecule has 0 radical (unpaired) electrons. The molecule has 4 rings (SSSR count). The number of carbonyl (C=O) groups is 2. The highest BCUT2D eigenvalue weighted by Crippen LogP contribution is 2.23. The van der Waals surface area contributed by atoms with E-state index in [1.165, 1.54) is 18.2 Å². The minimum atomic E-state index is -0.720. The molecule has 0 amide bonds. The SMILES string of the molecule is O=C1OC(c2cccc(Br)c2)=N/C1=C\c1ccc(OC(=O)c2cccc([N+](=O)[O-])c2)cc1. The van der Waals surface area contributed by atoms with Crippen LogP contribution in [0.1, 0.15) is 21.5 Å². The fourth-order valence-corrected chi connectivity index (χ4v) is 3.26. The van der Waals surface area contributed by atoms with Gasteiger partial charge < -0.3 is 9.47 Å². The number of nitro groups is 1. The van der Waals surface area contributed by atoms with Gasteiger partial charge in [-0.25, -0.2) is 14.6 Å². The van der Waals surface area contributed by atoms with Crippen LogP contribution in [0.5, 0.6) is 5.75 Å². The lowest BCUT2D eigenvalue weighted by molar-refractivity contribution is -0.384. The maximum Gasteiger partial charge on any atom is 0.363 e. The van der Waals surface area contributed by atoms with E-state index in [1.54, 1.807) is 42.5 Å². The first-order valence-electron chi connectivity index (χ1n) is 9.24. The van der Waals surface area contributed by atoms with Gasteiger partial charge in [0.1, 0.15) is 5.75 Å². The minimum Gasteiger partial charge on any atom is -0.423 e. The number of esters is 2. The van der Waals surface area contributed by atoms with Crippen molar-refractivity contribution < 1.29 is 24.0 Å². The lowest BCUT2D eigenvalue weighted by Crippen LogP contribution is -2.08. The number of ether oxygens (including phenoxy) is 2. The highest BCUT2D eigenvalue weighted by molar-refractivity contribution is 9.10. The molecule has 0 fully saturated rings. The fraction of sp³-hybridized carbons (Fsp3) is 0. The number of cyclic esters (lactones) is 1. The molecule has 8 nitrogen and oxygen atoms in total. The van der Waals surface area contributed by atoms with Gasteiger partial charge >= 0.3 is 11.9 Å². The van der Waals surface area contributed by atoms with Crippen molar-refractivity contribution in [2.45, 2.75) is 0 Å². The molecule has 0 saturated carbocycles. The van der Waals surface area contributed by atoms with Crippen LogP contribution < -0.4 is 4.74 Å². The van der Waals surface area contributed by atoms with Crippen LogP contribution in [0.4, 0.5) is 5.69 Å². The number of nitro benzene ring substituents is 1. The standard InChI is InChI=1S/C23H13BrN2O6/c24-17-5-1-3-15(12-17)21-25-20(23(28)32-21)11-14-7-9-19(10-8-14)31-22(27)16-4-2-6-18(13-16)26(29)30/h1-13H/b20-11-. The summed E-state index contributed by atoms with van der Waals surface area (Å²) in [6.07, 6.45) is 1.56. The molecular formula is C23H13BrN2O6. The summed E-state index contributed by atoms with van der Waals surface area (Å²) in [6.45, 7) is 0. The maximum absolute atomic E-state index is 12.3. The van der Waals surface area contributed by atoms with E-state index in [4.69, 9.17) is 9.47 Å². The Labute approximate surface area is 190 Å². The van der Waals surface area contributed by atoms with E-state index >= 15 is 0 Å². The summed E-state index contributed by atoms with van der Waals surface area (Å²) in [6, 6.07) is 18.9. The maximum atomic E-state index is 12.3. The lowest BCUT2D eigenvalue weighted by Gasteiger charge is -2.04. The molecule has 1 heterocycles. The monoisotopic (exact) mass is 492 g/mol. The molecule has 0 saturated heterocycles. The number of nitrogens with zero attached hydrogens (tertiary/aromatic N) is 2. The molecule has 0 spiro atoms. The van der Waals surface area contributed by atoms with Crippen molar-refractivity contribution in [3.63, 3.8) is 0 Å². The summed E-state index contributed by atoms with van der Waals surface area (Å²) in [7, 11) is 0. The summed E-state index contributed by atoms with van der Waals surface area (Å²) < 4.78 is 11.3. The van der Waals surface area contributed by atoms with Crippen molar-refractivity contribution in [3.05, 3.63) is 110 Å². The van der Waals surface area contributed by atoms with Crippen LogP contribution >= 0.6 is 15.9 Å². The Morgan fingerprint density at radius 1 is 1.06 bits per heavy atom.